The highest BCUT2D eigenvalue weighted by Gasteiger charge is 2.30. The number of rotatable bonds is 4. The van der Waals surface area contributed by atoms with Crippen LogP contribution in [0.1, 0.15) is 0 Å². The summed E-state index contributed by atoms with van der Waals surface area (Å²) in [6.07, 6.45) is 0. The normalized spacial score (nSPS) is 11.6. The van der Waals surface area contributed by atoms with E-state index in [4.69, 9.17) is 18.2 Å². The molecule has 3 aromatic heterocycles. The van der Waals surface area contributed by atoms with Gasteiger partial charge in [-0.25, -0.2) is 17.2 Å². The molecule has 2 aromatic carbocycles. The van der Waals surface area contributed by atoms with Gasteiger partial charge < -0.3 is 5.11 Å². The van der Waals surface area contributed by atoms with E-state index in [9.17, 15) is 13.5 Å². The van der Waals surface area contributed by atoms with Crippen molar-refractivity contribution in [1.29, 1.82) is 0 Å². The summed E-state index contributed by atoms with van der Waals surface area (Å²) < 4.78 is 29.1. The van der Waals surface area contributed by atoms with Crippen LogP contribution >= 0.6 is 34.3 Å². The molecule has 0 aliphatic heterocycles. The van der Waals surface area contributed by atoms with Crippen molar-refractivity contribution in [3.8, 4) is 27.4 Å². The van der Waals surface area contributed by atoms with E-state index in [1.165, 1.54) is 63.0 Å². The first kappa shape index (κ1) is 20.8. The summed E-state index contributed by atoms with van der Waals surface area (Å²) in [5.41, 5.74) is 2.10. The summed E-state index contributed by atoms with van der Waals surface area (Å²) in [6, 6.07) is 16.1. The van der Waals surface area contributed by atoms with Crippen LogP contribution in [-0.4, -0.2) is 17.5 Å². The Bertz CT molecular complexity index is 1610. The van der Waals surface area contributed by atoms with Crippen LogP contribution in [0.3, 0.4) is 0 Å². The average Bonchev–Trinajstić information content (AvgIpc) is 3.51. The fourth-order valence-corrected chi connectivity index (χ4v) is 6.86. The second-order valence-corrected chi connectivity index (χ2v) is 10.9. The molecule has 0 amide bonds. The lowest BCUT2D eigenvalue weighted by atomic mass is 10.0. The van der Waals surface area contributed by atoms with Crippen LogP contribution in [0, 0.1) is 6.57 Å². The minimum absolute atomic E-state index is 0.0532. The van der Waals surface area contributed by atoms with Gasteiger partial charge in [-0.1, -0.05) is 23.7 Å². The highest BCUT2D eigenvalue weighted by molar-refractivity contribution is 7.90. The van der Waals surface area contributed by atoms with Crippen LogP contribution in [0.25, 0.3) is 37.4 Å². The lowest BCUT2D eigenvalue weighted by Crippen LogP contribution is -2.14. The Hall–Kier alpha value is -3.09. The predicted octanol–water partition coefficient (Wildman–Crippen LogP) is 7.25. The Balaban J connectivity index is 1.98. The Morgan fingerprint density at radius 2 is 1.78 bits per heavy atom. The lowest BCUT2D eigenvalue weighted by Gasteiger charge is -2.13. The summed E-state index contributed by atoms with van der Waals surface area (Å²) in [5.74, 6) is -0.0532. The fraction of sp³-hybridized carbons (Fsp3) is 0. The van der Waals surface area contributed by atoms with Crippen LogP contribution in [-0.2, 0) is 10.0 Å². The summed E-state index contributed by atoms with van der Waals surface area (Å²) >= 11 is 8.69. The van der Waals surface area contributed by atoms with Crippen molar-refractivity contribution in [3.05, 3.63) is 87.9 Å². The number of aromatic nitrogens is 1. The number of aromatic hydroxyl groups is 1. The molecule has 0 atom stereocenters. The van der Waals surface area contributed by atoms with Gasteiger partial charge in [-0.3, -0.25) is 0 Å². The molecule has 32 heavy (non-hydrogen) atoms. The summed E-state index contributed by atoms with van der Waals surface area (Å²) in [7, 11) is -4.07. The number of benzene rings is 2. The van der Waals surface area contributed by atoms with E-state index in [0.717, 1.165) is 4.88 Å². The van der Waals surface area contributed by atoms with E-state index in [1.807, 2.05) is 29.0 Å². The van der Waals surface area contributed by atoms with Gasteiger partial charge in [0.1, 0.15) is 5.75 Å². The first-order valence-corrected chi connectivity index (χ1v) is 12.9. The number of phenols is 1. The lowest BCUT2D eigenvalue weighted by molar-refractivity contribution is 0.476. The maximum atomic E-state index is 13.9. The van der Waals surface area contributed by atoms with Crippen molar-refractivity contribution in [1.82, 2.24) is 3.97 Å². The first-order valence-electron chi connectivity index (χ1n) is 9.29. The number of halogens is 1. The third-order valence-electron chi connectivity index (χ3n) is 5.03. The molecule has 0 fully saturated rings. The average molecular weight is 497 g/mol. The van der Waals surface area contributed by atoms with E-state index < -0.39 is 10.0 Å². The first-order chi connectivity index (χ1) is 15.4. The van der Waals surface area contributed by atoms with E-state index in [1.54, 1.807) is 6.07 Å². The van der Waals surface area contributed by atoms with Crippen LogP contribution < -0.4 is 0 Å². The number of fused-ring (bicyclic) bond motifs is 1. The zero-order valence-corrected chi connectivity index (χ0v) is 19.4. The van der Waals surface area contributed by atoms with Crippen LogP contribution in [0.15, 0.2) is 76.3 Å². The van der Waals surface area contributed by atoms with Gasteiger partial charge in [0.05, 0.1) is 27.6 Å². The number of phenolic OH excluding ortho intramolecular Hbond substituents is 1. The van der Waals surface area contributed by atoms with Crippen molar-refractivity contribution >= 4 is 60.2 Å². The van der Waals surface area contributed by atoms with Crippen LogP contribution in [0.5, 0.6) is 5.75 Å². The van der Waals surface area contributed by atoms with Gasteiger partial charge in [-0.05, 0) is 53.2 Å². The van der Waals surface area contributed by atoms with Gasteiger partial charge >= 0.3 is 0 Å². The molecular formula is C23H13ClN2O3S3. The SMILES string of the molecule is [C-]#[N+]c1sccc1-c1c(-c2cccs2)n(S(=O)(=O)c2ccc(Cl)cc2)c2cc(O)ccc12. The second kappa shape index (κ2) is 7.80. The van der Waals surface area contributed by atoms with E-state index in [0.29, 0.717) is 37.7 Å². The van der Waals surface area contributed by atoms with Gasteiger partial charge in [0.2, 0.25) is 5.00 Å². The molecule has 1 N–H and O–H groups in total. The monoisotopic (exact) mass is 496 g/mol. The molecule has 5 aromatic rings. The molecule has 9 heteroatoms. The van der Waals surface area contributed by atoms with Crippen LogP contribution in [0.4, 0.5) is 5.00 Å². The Morgan fingerprint density at radius 3 is 2.47 bits per heavy atom. The molecule has 0 spiro atoms. The summed E-state index contributed by atoms with van der Waals surface area (Å²) in [5, 5.41) is 15.4. The third-order valence-corrected chi connectivity index (χ3v) is 8.69. The van der Waals surface area contributed by atoms with Crippen molar-refractivity contribution in [2.24, 2.45) is 0 Å². The molecule has 0 bridgehead atoms. The Kier molecular flexibility index (Phi) is 5.07. The molecule has 0 saturated heterocycles. The van der Waals surface area contributed by atoms with Crippen molar-refractivity contribution in [2.45, 2.75) is 4.90 Å². The van der Waals surface area contributed by atoms with Crippen molar-refractivity contribution < 1.29 is 13.5 Å². The third kappa shape index (κ3) is 3.22. The molecule has 0 unspecified atom stereocenters. The van der Waals surface area contributed by atoms with E-state index in [2.05, 4.69) is 4.85 Å². The van der Waals surface area contributed by atoms with Gasteiger partial charge in [-0.15, -0.1) is 11.3 Å². The van der Waals surface area contributed by atoms with Crippen molar-refractivity contribution in [2.75, 3.05) is 0 Å². The van der Waals surface area contributed by atoms with Gasteiger partial charge in [0, 0.05) is 27.6 Å². The predicted molar refractivity (Wildman–Crippen MR) is 131 cm³/mol. The standard InChI is InChI=1S/C23H13ClN2O3S3/c1-25-23-18(10-12-31-23)21-17-9-6-15(27)13-19(17)26(22(21)20-3-2-11-30-20)32(28,29)16-7-4-14(24)5-8-16/h2-13,27H. The highest BCUT2D eigenvalue weighted by atomic mass is 35.5. The second-order valence-electron chi connectivity index (χ2n) is 6.88. The molecule has 0 radical (unpaired) electrons. The summed E-state index contributed by atoms with van der Waals surface area (Å²) in [6.45, 7) is 7.58. The zero-order valence-electron chi connectivity index (χ0n) is 16.2. The van der Waals surface area contributed by atoms with E-state index >= 15 is 0 Å². The molecule has 5 nitrogen and oxygen atoms in total. The topological polar surface area (TPSA) is 63.7 Å². The minimum Gasteiger partial charge on any atom is -0.508 e. The fourth-order valence-electron chi connectivity index (χ4n) is 3.70. The maximum Gasteiger partial charge on any atom is 0.268 e. The highest BCUT2D eigenvalue weighted by Crippen LogP contribution is 2.48. The van der Waals surface area contributed by atoms with Gasteiger partial charge in [-0.2, -0.15) is 11.3 Å². The molecule has 0 saturated carbocycles. The minimum atomic E-state index is -4.07. The number of hydrogen-bond donors (Lipinski definition) is 1. The number of nitrogens with zero attached hydrogens (tertiary/aromatic N) is 2. The molecule has 0 aliphatic carbocycles. The molecular weight excluding hydrogens is 484 g/mol. The quantitative estimate of drug-likeness (QED) is 0.266. The Morgan fingerprint density at radius 1 is 1.00 bits per heavy atom. The van der Waals surface area contributed by atoms with Crippen molar-refractivity contribution in [3.63, 3.8) is 0 Å². The Labute approximate surface area is 197 Å². The summed E-state index contributed by atoms with van der Waals surface area (Å²) in [4.78, 5) is 4.45. The van der Waals surface area contributed by atoms with Gasteiger partial charge in [0.25, 0.3) is 10.0 Å². The maximum absolute atomic E-state index is 13.9. The number of thiophene rings is 2. The molecule has 5 rings (SSSR count). The molecule has 3 heterocycles. The zero-order chi connectivity index (χ0) is 22.5. The van der Waals surface area contributed by atoms with Crippen LogP contribution in [0.2, 0.25) is 5.02 Å². The smallest absolute Gasteiger partial charge is 0.268 e. The number of hydrogen-bond acceptors (Lipinski definition) is 5. The molecule has 158 valence electrons. The van der Waals surface area contributed by atoms with E-state index in [-0.39, 0.29) is 10.6 Å². The molecule has 0 aliphatic rings. The van der Waals surface area contributed by atoms with Gasteiger partial charge in [0.15, 0.2) is 0 Å². The largest absolute Gasteiger partial charge is 0.508 e.